The number of nitriles is 1. The molecule has 0 bridgehead atoms. The number of alkyl halides is 3. The molecule has 10 heteroatoms. The van der Waals surface area contributed by atoms with Crippen LogP contribution in [0.4, 0.5) is 13.2 Å². The van der Waals surface area contributed by atoms with E-state index < -0.39 is 11.9 Å². The number of hydrogen-bond donors (Lipinski definition) is 0. The lowest BCUT2D eigenvalue weighted by atomic mass is 10.1. The highest BCUT2D eigenvalue weighted by molar-refractivity contribution is 7.12. The van der Waals surface area contributed by atoms with Gasteiger partial charge in [-0.15, -0.1) is 11.3 Å². The quantitative estimate of drug-likeness (QED) is 0.312. The predicted octanol–water partition coefficient (Wildman–Crippen LogP) is 5.69. The maximum Gasteiger partial charge on any atom is 0.435 e. The van der Waals surface area contributed by atoms with Crippen LogP contribution in [0.15, 0.2) is 54.7 Å². The van der Waals surface area contributed by atoms with Crippen molar-refractivity contribution in [3.8, 4) is 17.2 Å². The van der Waals surface area contributed by atoms with Crippen LogP contribution < -0.4 is 0 Å². The Hall–Kier alpha value is -3.42. The van der Waals surface area contributed by atoms with Crippen molar-refractivity contribution in [2.24, 2.45) is 0 Å². The minimum absolute atomic E-state index is 0.0114. The maximum absolute atomic E-state index is 12.8. The van der Waals surface area contributed by atoms with Gasteiger partial charge < -0.3 is 9.64 Å². The summed E-state index contributed by atoms with van der Waals surface area (Å²) in [7, 11) is 0. The van der Waals surface area contributed by atoms with Crippen LogP contribution in [0, 0.1) is 11.3 Å². The molecule has 3 aromatic rings. The molecule has 1 aromatic carbocycles. The fourth-order valence-electron chi connectivity index (χ4n) is 3.62. The van der Waals surface area contributed by atoms with E-state index in [0.717, 1.165) is 16.2 Å². The number of amides is 1. The second-order valence-corrected chi connectivity index (χ2v) is 8.99. The number of carbonyl (C=O) groups is 1. The highest BCUT2D eigenvalue weighted by Gasteiger charge is 2.37. The predicted molar refractivity (Wildman–Crippen MR) is 132 cm³/mol. The molecule has 2 aromatic heterocycles. The summed E-state index contributed by atoms with van der Waals surface area (Å²) in [5, 5.41) is 12.5. The van der Waals surface area contributed by atoms with E-state index >= 15 is 0 Å². The summed E-state index contributed by atoms with van der Waals surface area (Å²) in [6.45, 7) is 6.53. The second kappa shape index (κ2) is 12.5. The molecule has 1 aliphatic rings. The van der Waals surface area contributed by atoms with Gasteiger partial charge in [-0.05, 0) is 37.5 Å². The van der Waals surface area contributed by atoms with Crippen molar-refractivity contribution in [2.75, 3.05) is 19.8 Å². The van der Waals surface area contributed by atoms with Crippen LogP contribution in [0.1, 0.15) is 34.9 Å². The maximum atomic E-state index is 12.8. The molecule has 0 unspecified atom stereocenters. The average Bonchev–Trinajstić information content (AvgIpc) is 3.51. The van der Waals surface area contributed by atoms with Crippen molar-refractivity contribution in [1.82, 2.24) is 14.7 Å². The smallest absolute Gasteiger partial charge is 0.378 e. The number of carbonyl (C=O) groups excluding carboxylic acids is 1. The summed E-state index contributed by atoms with van der Waals surface area (Å²) in [5.41, 5.74) is 1.04. The zero-order valence-corrected chi connectivity index (χ0v) is 20.9. The van der Waals surface area contributed by atoms with E-state index in [4.69, 9.17) is 10.00 Å². The zero-order valence-electron chi connectivity index (χ0n) is 20.1. The summed E-state index contributed by atoms with van der Waals surface area (Å²) in [6, 6.07) is 12.6. The van der Waals surface area contributed by atoms with Crippen molar-refractivity contribution in [2.45, 2.75) is 39.5 Å². The summed E-state index contributed by atoms with van der Waals surface area (Å²) in [5.74, 6) is 0.0114. The molecular weight excluding hydrogens is 489 g/mol. The highest BCUT2D eigenvalue weighted by atomic mass is 32.1. The second-order valence-electron chi connectivity index (χ2n) is 7.85. The van der Waals surface area contributed by atoms with Gasteiger partial charge in [0, 0.05) is 42.4 Å². The largest absolute Gasteiger partial charge is 0.435 e. The molecule has 1 amide bonds. The number of rotatable bonds is 6. The summed E-state index contributed by atoms with van der Waals surface area (Å²) in [6.07, 6.45) is 1.15. The lowest BCUT2D eigenvalue weighted by Gasteiger charge is -2.25. The Balaban J connectivity index is 0.000000202. The Labute approximate surface area is 212 Å². The number of halogens is 3. The van der Waals surface area contributed by atoms with Crippen molar-refractivity contribution in [1.29, 1.82) is 5.26 Å². The van der Waals surface area contributed by atoms with Gasteiger partial charge in [-0.3, -0.25) is 9.48 Å². The Morgan fingerprint density at radius 1 is 1.28 bits per heavy atom. The Morgan fingerprint density at radius 3 is 2.67 bits per heavy atom. The monoisotopic (exact) mass is 516 g/mol. The molecule has 0 N–H and O–H groups in total. The van der Waals surface area contributed by atoms with Crippen LogP contribution in [0.2, 0.25) is 0 Å². The fourth-order valence-corrected chi connectivity index (χ4v) is 4.65. The number of aromatic nitrogens is 2. The van der Waals surface area contributed by atoms with Crippen LogP contribution in [0.5, 0.6) is 0 Å². The Bertz CT molecular complexity index is 1230. The number of hydrogen-bond acceptors (Lipinski definition) is 5. The molecule has 0 radical (unpaired) electrons. The van der Waals surface area contributed by atoms with E-state index in [9.17, 15) is 18.0 Å². The Morgan fingerprint density at radius 2 is 2.03 bits per heavy atom. The van der Waals surface area contributed by atoms with Gasteiger partial charge in [0.15, 0.2) is 5.69 Å². The van der Waals surface area contributed by atoms with Gasteiger partial charge in [0.1, 0.15) is 10.9 Å². The summed E-state index contributed by atoms with van der Waals surface area (Å²) < 4.78 is 44.9. The van der Waals surface area contributed by atoms with E-state index in [2.05, 4.69) is 11.2 Å². The Kier molecular flexibility index (Phi) is 9.44. The highest BCUT2D eigenvalue weighted by Crippen LogP contribution is 2.35. The van der Waals surface area contributed by atoms with Gasteiger partial charge in [-0.2, -0.15) is 23.5 Å². The number of aryl methyl sites for hydroxylation is 1. The zero-order chi connectivity index (χ0) is 26.1. The molecule has 0 saturated heterocycles. The molecule has 0 fully saturated rings. The number of nitrogens with zero attached hydrogens (tertiary/aromatic N) is 4. The van der Waals surface area contributed by atoms with Crippen molar-refractivity contribution in [3.63, 3.8) is 0 Å². The van der Waals surface area contributed by atoms with Gasteiger partial charge in [0.05, 0.1) is 13.2 Å². The molecule has 4 rings (SSSR count). The van der Waals surface area contributed by atoms with Crippen molar-refractivity contribution >= 4 is 17.2 Å². The molecule has 0 saturated carbocycles. The van der Waals surface area contributed by atoms with Gasteiger partial charge >= 0.3 is 6.18 Å². The summed E-state index contributed by atoms with van der Waals surface area (Å²) >= 11 is 1.48. The first-order valence-electron chi connectivity index (χ1n) is 11.5. The first-order chi connectivity index (χ1) is 17.3. The molecule has 190 valence electrons. The molecule has 36 heavy (non-hydrogen) atoms. The lowest BCUT2D eigenvalue weighted by Crippen LogP contribution is -2.34. The van der Waals surface area contributed by atoms with Crippen LogP contribution in [-0.2, 0) is 35.2 Å². The topological polar surface area (TPSA) is 71.2 Å². The minimum Gasteiger partial charge on any atom is -0.378 e. The number of fused-ring (bicyclic) bond motifs is 1. The fraction of sp³-hybridized carbons (Fsp3) is 0.346. The van der Waals surface area contributed by atoms with Crippen LogP contribution in [0.25, 0.3) is 11.1 Å². The number of thiophene rings is 1. The minimum atomic E-state index is -4.43. The first kappa shape index (κ1) is 27.2. The van der Waals surface area contributed by atoms with Gasteiger partial charge in [-0.25, -0.2) is 0 Å². The van der Waals surface area contributed by atoms with E-state index in [0.29, 0.717) is 38.4 Å². The molecular formula is C26H27F3N4O2S. The normalized spacial score (nSPS) is 13.2. The SMILES string of the molecule is CCOC/C=C/C(=O)N1CCc2cc(C#N)sc2C1.CCn1cc(-c2ccccc2)c(C(F)(F)F)n1. The van der Waals surface area contributed by atoms with E-state index in [1.54, 1.807) is 49.4 Å². The third kappa shape index (κ3) is 7.06. The molecule has 3 heterocycles. The average molecular weight is 517 g/mol. The van der Waals surface area contributed by atoms with Crippen LogP contribution in [-0.4, -0.2) is 40.3 Å². The van der Waals surface area contributed by atoms with Crippen LogP contribution >= 0.6 is 11.3 Å². The van der Waals surface area contributed by atoms with Gasteiger partial charge in [0.2, 0.25) is 5.91 Å². The molecule has 0 atom stereocenters. The van der Waals surface area contributed by atoms with E-state index in [1.807, 2.05) is 17.9 Å². The van der Waals surface area contributed by atoms with E-state index in [1.165, 1.54) is 27.8 Å². The molecule has 0 spiro atoms. The van der Waals surface area contributed by atoms with Crippen LogP contribution in [0.3, 0.4) is 0 Å². The van der Waals surface area contributed by atoms with Gasteiger partial charge in [0.25, 0.3) is 0 Å². The van der Waals surface area contributed by atoms with Crippen molar-refractivity contribution < 1.29 is 22.7 Å². The molecule has 1 aliphatic heterocycles. The third-order valence-electron chi connectivity index (χ3n) is 5.42. The van der Waals surface area contributed by atoms with Gasteiger partial charge in [-0.1, -0.05) is 36.4 Å². The lowest BCUT2D eigenvalue weighted by molar-refractivity contribution is -0.141. The standard InChI is InChI=1S/C14H16N2O2S.C12H11F3N2/c1-2-18-7-3-4-14(17)16-6-5-11-8-12(9-15)19-13(11)10-16;1-2-17-8-10(9-6-4-3-5-7-9)11(16-17)12(13,14)15/h3-4,8H,2,5-7,10H2,1H3;3-8H,2H2,1H3/b4-3+;. The molecule has 0 aliphatic carbocycles. The third-order valence-corrected chi connectivity index (χ3v) is 6.49. The van der Waals surface area contributed by atoms with E-state index in [-0.39, 0.29) is 11.5 Å². The summed E-state index contributed by atoms with van der Waals surface area (Å²) in [4.78, 5) is 15.6. The van der Waals surface area contributed by atoms with Crippen molar-refractivity contribution in [3.05, 3.63) is 75.8 Å². The number of ether oxygens (including phenoxy) is 1. The molecule has 6 nitrogen and oxygen atoms in total. The first-order valence-corrected chi connectivity index (χ1v) is 12.3. The number of benzene rings is 1.